The molecular formula is C19H33N3OSi. The van der Waals surface area contributed by atoms with E-state index in [2.05, 4.69) is 67.6 Å². The fraction of sp³-hybridized carbons (Fsp3) is 0.579. The van der Waals surface area contributed by atoms with Gasteiger partial charge in [-0.2, -0.15) is 0 Å². The number of hydrogen-bond acceptors (Lipinski definition) is 3. The molecule has 5 heteroatoms. The van der Waals surface area contributed by atoms with Crippen LogP contribution < -0.4 is 0 Å². The van der Waals surface area contributed by atoms with Crippen LogP contribution >= 0.6 is 0 Å². The molecule has 0 fully saturated rings. The standard InChI is InChI=1S/C19H33N3OSi/c1-9-22(5)14-20-19-13-15(2)18(12-16(19)3)17(4)21-23-10-11-24(6,7)8/h12-14H,9-11H2,1-8H3/b20-14?,21-17+. The van der Waals surface area contributed by atoms with Gasteiger partial charge in [0.1, 0.15) is 6.61 Å². The van der Waals surface area contributed by atoms with Crippen LogP contribution in [0.5, 0.6) is 0 Å². The molecule has 0 unspecified atom stereocenters. The van der Waals surface area contributed by atoms with Crippen molar-refractivity contribution in [1.82, 2.24) is 4.90 Å². The zero-order valence-corrected chi connectivity index (χ0v) is 17.6. The van der Waals surface area contributed by atoms with Crippen LogP contribution in [0, 0.1) is 13.8 Å². The van der Waals surface area contributed by atoms with E-state index in [0.29, 0.717) is 6.61 Å². The summed E-state index contributed by atoms with van der Waals surface area (Å²) >= 11 is 0. The first-order chi connectivity index (χ1) is 11.1. The minimum absolute atomic E-state index is 0.705. The summed E-state index contributed by atoms with van der Waals surface area (Å²) in [5.74, 6) is 0. The second-order valence-electron chi connectivity index (χ2n) is 7.59. The molecule has 0 aromatic heterocycles. The molecule has 0 bridgehead atoms. The fourth-order valence-electron chi connectivity index (χ4n) is 2.12. The first-order valence-electron chi connectivity index (χ1n) is 8.66. The van der Waals surface area contributed by atoms with Gasteiger partial charge in [0.15, 0.2) is 0 Å². The average molecular weight is 348 g/mol. The predicted octanol–water partition coefficient (Wildman–Crippen LogP) is 4.99. The molecule has 0 aliphatic carbocycles. The Kier molecular flexibility index (Phi) is 7.67. The zero-order chi connectivity index (χ0) is 18.3. The van der Waals surface area contributed by atoms with Gasteiger partial charge in [0.2, 0.25) is 0 Å². The predicted molar refractivity (Wildman–Crippen MR) is 109 cm³/mol. The van der Waals surface area contributed by atoms with Crippen LogP contribution in [-0.2, 0) is 4.84 Å². The van der Waals surface area contributed by atoms with E-state index < -0.39 is 8.07 Å². The molecule has 4 nitrogen and oxygen atoms in total. The number of nitrogens with zero attached hydrogens (tertiary/aromatic N) is 3. The summed E-state index contributed by atoms with van der Waals surface area (Å²) in [6, 6.07) is 5.39. The van der Waals surface area contributed by atoms with Crippen molar-refractivity contribution in [2.75, 3.05) is 20.2 Å². The van der Waals surface area contributed by atoms with Crippen LogP contribution in [-0.4, -0.2) is 45.2 Å². The van der Waals surface area contributed by atoms with Crippen LogP contribution in [0.4, 0.5) is 5.69 Å². The van der Waals surface area contributed by atoms with Crippen LogP contribution in [0.2, 0.25) is 25.7 Å². The van der Waals surface area contributed by atoms with E-state index >= 15 is 0 Å². The Morgan fingerprint density at radius 1 is 1.21 bits per heavy atom. The van der Waals surface area contributed by atoms with Gasteiger partial charge in [0.25, 0.3) is 0 Å². The molecule has 0 N–H and O–H groups in total. The van der Waals surface area contributed by atoms with Crippen molar-refractivity contribution in [2.24, 2.45) is 10.1 Å². The Balaban J connectivity index is 2.85. The highest BCUT2D eigenvalue weighted by Crippen LogP contribution is 2.24. The van der Waals surface area contributed by atoms with Crippen molar-refractivity contribution in [3.8, 4) is 0 Å². The van der Waals surface area contributed by atoms with Gasteiger partial charge in [-0.25, -0.2) is 4.99 Å². The quantitative estimate of drug-likeness (QED) is 0.218. The van der Waals surface area contributed by atoms with Gasteiger partial charge < -0.3 is 9.74 Å². The Labute approximate surface area is 148 Å². The Bertz CT molecular complexity index is 603. The van der Waals surface area contributed by atoms with Gasteiger partial charge in [-0.1, -0.05) is 24.8 Å². The maximum atomic E-state index is 5.53. The van der Waals surface area contributed by atoms with Gasteiger partial charge in [0, 0.05) is 27.2 Å². The van der Waals surface area contributed by atoms with Gasteiger partial charge in [-0.15, -0.1) is 0 Å². The minimum atomic E-state index is -1.07. The maximum absolute atomic E-state index is 5.53. The molecule has 0 aliphatic rings. The number of hydrogen-bond donors (Lipinski definition) is 0. The average Bonchev–Trinajstić information content (AvgIpc) is 2.50. The highest BCUT2D eigenvalue weighted by molar-refractivity contribution is 6.76. The van der Waals surface area contributed by atoms with Crippen molar-refractivity contribution >= 4 is 25.8 Å². The first-order valence-corrected chi connectivity index (χ1v) is 12.4. The number of benzene rings is 1. The normalized spacial score (nSPS) is 12.8. The highest BCUT2D eigenvalue weighted by Gasteiger charge is 2.12. The van der Waals surface area contributed by atoms with E-state index in [1.54, 1.807) is 0 Å². The molecule has 0 saturated carbocycles. The van der Waals surface area contributed by atoms with E-state index in [4.69, 9.17) is 4.84 Å². The van der Waals surface area contributed by atoms with Crippen LogP contribution in [0.25, 0.3) is 0 Å². The third-order valence-electron chi connectivity index (χ3n) is 3.97. The number of aryl methyl sites for hydroxylation is 2. The molecule has 24 heavy (non-hydrogen) atoms. The summed E-state index contributed by atoms with van der Waals surface area (Å²) < 4.78 is 0. The molecule has 1 aromatic rings. The lowest BCUT2D eigenvalue weighted by atomic mass is 10.0. The Hall–Kier alpha value is -1.62. The van der Waals surface area contributed by atoms with Crippen molar-refractivity contribution in [3.63, 3.8) is 0 Å². The largest absolute Gasteiger partial charge is 0.396 e. The van der Waals surface area contributed by atoms with Gasteiger partial charge in [-0.05, 0) is 57.0 Å². The summed E-state index contributed by atoms with van der Waals surface area (Å²) in [4.78, 5) is 12.2. The van der Waals surface area contributed by atoms with Crippen LogP contribution in [0.1, 0.15) is 30.5 Å². The van der Waals surface area contributed by atoms with Crippen molar-refractivity contribution in [2.45, 2.75) is 53.4 Å². The lowest BCUT2D eigenvalue weighted by Gasteiger charge is -2.14. The van der Waals surface area contributed by atoms with Gasteiger partial charge in [-0.3, -0.25) is 0 Å². The summed E-state index contributed by atoms with van der Waals surface area (Å²) in [5, 5.41) is 4.31. The summed E-state index contributed by atoms with van der Waals surface area (Å²) in [6.07, 6.45) is 1.88. The molecule has 0 saturated heterocycles. The third-order valence-corrected chi connectivity index (χ3v) is 5.67. The molecule has 1 aromatic carbocycles. The monoisotopic (exact) mass is 347 g/mol. The molecule has 0 spiro atoms. The molecule has 0 radical (unpaired) electrons. The zero-order valence-electron chi connectivity index (χ0n) is 16.6. The third kappa shape index (κ3) is 6.87. The SMILES string of the molecule is CCN(C)C=Nc1cc(C)c(/C(C)=N/OCC[Si](C)(C)C)cc1C. The minimum Gasteiger partial charge on any atom is -0.396 e. The molecule has 134 valence electrons. The summed E-state index contributed by atoms with van der Waals surface area (Å²) in [5.41, 5.74) is 5.37. The molecule has 0 heterocycles. The van der Waals surface area contributed by atoms with E-state index in [1.165, 1.54) is 5.56 Å². The Morgan fingerprint density at radius 2 is 1.88 bits per heavy atom. The van der Waals surface area contributed by atoms with Crippen molar-refractivity contribution in [3.05, 3.63) is 28.8 Å². The van der Waals surface area contributed by atoms with Gasteiger partial charge in [0.05, 0.1) is 17.7 Å². The van der Waals surface area contributed by atoms with Gasteiger partial charge >= 0.3 is 0 Å². The van der Waals surface area contributed by atoms with Crippen LogP contribution in [0.15, 0.2) is 22.3 Å². The molecule has 0 atom stereocenters. The summed E-state index contributed by atoms with van der Waals surface area (Å²) in [6.45, 7) is 17.0. The number of aliphatic imine (C=N–C) groups is 1. The van der Waals surface area contributed by atoms with Crippen molar-refractivity contribution < 1.29 is 4.84 Å². The smallest absolute Gasteiger partial charge is 0.114 e. The fourth-order valence-corrected chi connectivity index (χ4v) is 2.82. The van der Waals surface area contributed by atoms with E-state index in [0.717, 1.165) is 35.1 Å². The first kappa shape index (κ1) is 20.4. The van der Waals surface area contributed by atoms with E-state index in [-0.39, 0.29) is 0 Å². The lowest BCUT2D eigenvalue weighted by Crippen LogP contribution is -2.21. The topological polar surface area (TPSA) is 37.2 Å². The second kappa shape index (κ2) is 9.02. The molecular weight excluding hydrogens is 314 g/mol. The Morgan fingerprint density at radius 3 is 2.46 bits per heavy atom. The second-order valence-corrected chi connectivity index (χ2v) is 13.2. The number of rotatable bonds is 8. The molecule has 1 rings (SSSR count). The molecule has 0 amide bonds. The number of oxime groups is 1. The molecule has 0 aliphatic heterocycles. The highest BCUT2D eigenvalue weighted by atomic mass is 28.3. The van der Waals surface area contributed by atoms with E-state index in [1.807, 2.05) is 20.3 Å². The maximum Gasteiger partial charge on any atom is 0.114 e. The van der Waals surface area contributed by atoms with Crippen LogP contribution in [0.3, 0.4) is 0 Å². The van der Waals surface area contributed by atoms with Crippen molar-refractivity contribution in [1.29, 1.82) is 0 Å². The summed E-state index contributed by atoms with van der Waals surface area (Å²) in [7, 11) is 0.951. The lowest BCUT2D eigenvalue weighted by molar-refractivity contribution is 0.158. The van der Waals surface area contributed by atoms with E-state index in [9.17, 15) is 0 Å².